The first-order chi connectivity index (χ1) is 11.1. The van der Waals surface area contributed by atoms with Gasteiger partial charge in [0.25, 0.3) is 0 Å². The Kier molecular flexibility index (Phi) is 5.54. The van der Waals surface area contributed by atoms with Gasteiger partial charge in [-0.2, -0.15) is 0 Å². The summed E-state index contributed by atoms with van der Waals surface area (Å²) in [6, 6.07) is 10.1. The molecule has 2 aliphatic rings. The molecule has 0 aromatic heterocycles. The third-order valence-corrected chi connectivity index (χ3v) is 4.37. The van der Waals surface area contributed by atoms with Gasteiger partial charge in [-0.1, -0.05) is 58.4 Å². The molecule has 4 nitrogen and oxygen atoms in total. The number of allylic oxidation sites excluding steroid dienone is 1. The predicted molar refractivity (Wildman–Crippen MR) is 91.3 cm³/mol. The summed E-state index contributed by atoms with van der Waals surface area (Å²) in [6.07, 6.45) is 4.21. The van der Waals surface area contributed by atoms with E-state index in [1.807, 2.05) is 32.0 Å². The number of benzene rings is 1. The summed E-state index contributed by atoms with van der Waals surface area (Å²) in [7, 11) is 0. The van der Waals surface area contributed by atoms with E-state index in [0.29, 0.717) is 6.61 Å². The molecule has 3 rings (SSSR count). The van der Waals surface area contributed by atoms with Gasteiger partial charge in [0, 0.05) is 5.33 Å². The molecule has 0 bridgehead atoms. The summed E-state index contributed by atoms with van der Waals surface area (Å²) in [4.78, 5) is 0. The lowest BCUT2D eigenvalue weighted by molar-refractivity contribution is -0.213. The molecule has 5 heteroatoms. The van der Waals surface area contributed by atoms with Crippen LogP contribution in [-0.4, -0.2) is 35.7 Å². The minimum Gasteiger partial charge on any atom is -0.368 e. The molecular formula is C18H23BrO4. The molecule has 1 aromatic carbocycles. The maximum Gasteiger partial charge on any atom is 0.190 e. The fourth-order valence-electron chi connectivity index (χ4n) is 2.91. The number of hydrogen-bond acceptors (Lipinski definition) is 4. The van der Waals surface area contributed by atoms with Crippen LogP contribution in [0.15, 0.2) is 42.5 Å². The Bertz CT molecular complexity index is 531. The molecule has 0 N–H and O–H groups in total. The highest BCUT2D eigenvalue weighted by Crippen LogP contribution is 2.39. The van der Waals surface area contributed by atoms with Crippen LogP contribution in [0.5, 0.6) is 0 Å². The number of ether oxygens (including phenoxy) is 4. The van der Waals surface area contributed by atoms with Crippen LogP contribution in [0.4, 0.5) is 0 Å². The van der Waals surface area contributed by atoms with Crippen LogP contribution < -0.4 is 0 Å². The highest BCUT2D eigenvalue weighted by molar-refractivity contribution is 9.09. The van der Waals surface area contributed by atoms with E-state index in [-0.39, 0.29) is 24.6 Å². The van der Waals surface area contributed by atoms with Gasteiger partial charge in [-0.3, -0.25) is 0 Å². The van der Waals surface area contributed by atoms with Gasteiger partial charge in [0.1, 0.15) is 18.3 Å². The molecule has 2 aliphatic heterocycles. The van der Waals surface area contributed by atoms with Gasteiger partial charge in [-0.15, -0.1) is 0 Å². The Balaban J connectivity index is 1.68. The summed E-state index contributed by atoms with van der Waals surface area (Å²) < 4.78 is 24.0. The maximum absolute atomic E-state index is 6.15. The average molecular weight is 383 g/mol. The van der Waals surface area contributed by atoms with Crippen molar-refractivity contribution in [2.45, 2.75) is 57.3 Å². The summed E-state index contributed by atoms with van der Waals surface area (Å²) in [5, 5.41) is 0.929. The topological polar surface area (TPSA) is 36.9 Å². The summed E-state index contributed by atoms with van der Waals surface area (Å²) >= 11 is 3.43. The molecule has 0 aliphatic carbocycles. The zero-order chi connectivity index (χ0) is 16.3. The van der Waals surface area contributed by atoms with Crippen LogP contribution >= 0.6 is 15.9 Å². The second kappa shape index (κ2) is 7.45. The van der Waals surface area contributed by atoms with E-state index in [1.165, 1.54) is 0 Å². The quantitative estimate of drug-likeness (QED) is 0.553. The van der Waals surface area contributed by atoms with Crippen molar-refractivity contribution in [2.24, 2.45) is 0 Å². The van der Waals surface area contributed by atoms with Gasteiger partial charge in [0.15, 0.2) is 12.1 Å². The molecule has 4 atom stereocenters. The highest BCUT2D eigenvalue weighted by Gasteiger charge is 2.54. The molecule has 2 saturated heterocycles. The van der Waals surface area contributed by atoms with Crippen molar-refractivity contribution in [1.82, 2.24) is 0 Å². The van der Waals surface area contributed by atoms with Gasteiger partial charge in [0.2, 0.25) is 0 Å². The molecule has 2 heterocycles. The standard InChI is InChI=1S/C18H23BrO4/c1-18(2)22-16-15(20-12-13-8-4-3-5-9-13)14(10-6-7-11-19)21-17(16)23-18/h3-6,8-10,14-17H,7,11-12H2,1-2H3/b10-6+/t14-,15+,16-,17-/m1/s1. The van der Waals surface area contributed by atoms with Gasteiger partial charge in [-0.05, 0) is 25.8 Å². The van der Waals surface area contributed by atoms with E-state index in [0.717, 1.165) is 17.3 Å². The zero-order valence-corrected chi connectivity index (χ0v) is 15.1. The third kappa shape index (κ3) is 4.22. The van der Waals surface area contributed by atoms with Crippen LogP contribution in [-0.2, 0) is 25.6 Å². The number of fused-ring (bicyclic) bond motifs is 1. The number of rotatable bonds is 6. The lowest BCUT2D eigenvalue weighted by Crippen LogP contribution is -2.36. The van der Waals surface area contributed by atoms with Crippen LogP contribution in [0.2, 0.25) is 0 Å². The predicted octanol–water partition coefficient (Wildman–Crippen LogP) is 3.79. The number of hydrogen-bond donors (Lipinski definition) is 0. The van der Waals surface area contributed by atoms with Crippen LogP contribution in [0.3, 0.4) is 0 Å². The van der Waals surface area contributed by atoms with Crippen molar-refractivity contribution in [2.75, 3.05) is 5.33 Å². The molecule has 126 valence electrons. The molecule has 0 spiro atoms. The highest BCUT2D eigenvalue weighted by atomic mass is 79.9. The Morgan fingerprint density at radius 1 is 1.22 bits per heavy atom. The minimum atomic E-state index is -0.631. The monoisotopic (exact) mass is 382 g/mol. The largest absolute Gasteiger partial charge is 0.368 e. The van der Waals surface area contributed by atoms with Crippen molar-refractivity contribution >= 4 is 15.9 Å². The molecule has 2 fully saturated rings. The molecule has 0 amide bonds. The van der Waals surface area contributed by atoms with Gasteiger partial charge in [0.05, 0.1) is 6.61 Å². The molecular weight excluding hydrogens is 360 g/mol. The SMILES string of the molecule is CC1(C)O[C@H]2O[C@H](/C=C/CCBr)[C@H](OCc3ccccc3)[C@H]2O1. The van der Waals surface area contributed by atoms with Crippen molar-refractivity contribution in [3.05, 3.63) is 48.0 Å². The molecule has 23 heavy (non-hydrogen) atoms. The smallest absolute Gasteiger partial charge is 0.190 e. The Labute approximate surface area is 145 Å². The summed E-state index contributed by atoms with van der Waals surface area (Å²) in [5.41, 5.74) is 1.14. The van der Waals surface area contributed by atoms with Gasteiger partial charge in [-0.25, -0.2) is 0 Å². The first kappa shape index (κ1) is 17.1. The maximum atomic E-state index is 6.15. The zero-order valence-electron chi connectivity index (χ0n) is 13.5. The first-order valence-corrected chi connectivity index (χ1v) is 9.10. The van der Waals surface area contributed by atoms with E-state index in [4.69, 9.17) is 18.9 Å². The van der Waals surface area contributed by atoms with E-state index in [1.54, 1.807) is 0 Å². The van der Waals surface area contributed by atoms with E-state index >= 15 is 0 Å². The van der Waals surface area contributed by atoms with Crippen molar-refractivity contribution < 1.29 is 18.9 Å². The van der Waals surface area contributed by atoms with E-state index < -0.39 is 5.79 Å². The Morgan fingerprint density at radius 2 is 2.00 bits per heavy atom. The Morgan fingerprint density at radius 3 is 2.74 bits per heavy atom. The van der Waals surface area contributed by atoms with Gasteiger partial charge < -0.3 is 18.9 Å². The lowest BCUT2D eigenvalue weighted by atomic mass is 10.1. The van der Waals surface area contributed by atoms with E-state index in [9.17, 15) is 0 Å². The molecule has 1 aromatic rings. The molecule has 0 unspecified atom stereocenters. The second-order valence-electron chi connectivity index (χ2n) is 6.24. The Hall–Kier alpha value is -0.720. The van der Waals surface area contributed by atoms with Crippen LogP contribution in [0, 0.1) is 0 Å². The molecule has 0 saturated carbocycles. The average Bonchev–Trinajstić information content (AvgIpc) is 2.98. The van der Waals surface area contributed by atoms with E-state index in [2.05, 4.69) is 40.2 Å². The first-order valence-electron chi connectivity index (χ1n) is 7.98. The minimum absolute atomic E-state index is 0.149. The summed E-state index contributed by atoms with van der Waals surface area (Å²) in [5.74, 6) is -0.631. The fourth-order valence-corrected chi connectivity index (χ4v) is 3.17. The van der Waals surface area contributed by atoms with Crippen LogP contribution in [0.25, 0.3) is 0 Å². The summed E-state index contributed by atoms with van der Waals surface area (Å²) in [6.45, 7) is 4.34. The van der Waals surface area contributed by atoms with Crippen LogP contribution in [0.1, 0.15) is 25.8 Å². The van der Waals surface area contributed by atoms with Crippen molar-refractivity contribution in [1.29, 1.82) is 0 Å². The van der Waals surface area contributed by atoms with Crippen molar-refractivity contribution in [3.8, 4) is 0 Å². The van der Waals surface area contributed by atoms with Gasteiger partial charge >= 0.3 is 0 Å². The van der Waals surface area contributed by atoms with Crippen molar-refractivity contribution in [3.63, 3.8) is 0 Å². The fraction of sp³-hybridized carbons (Fsp3) is 0.556. The number of halogens is 1. The third-order valence-electron chi connectivity index (χ3n) is 3.91. The number of alkyl halides is 1. The second-order valence-corrected chi connectivity index (χ2v) is 7.03. The normalized spacial score (nSPS) is 32.5. The molecule has 0 radical (unpaired) electrons. The lowest BCUT2D eigenvalue weighted by Gasteiger charge is -2.24.